The van der Waals surface area contributed by atoms with Crippen molar-refractivity contribution in [3.63, 3.8) is 0 Å². The van der Waals surface area contributed by atoms with E-state index in [1.54, 1.807) is 21.2 Å². The number of ether oxygens (including phenoxy) is 1. The maximum atomic E-state index is 12.2. The van der Waals surface area contributed by atoms with E-state index in [0.717, 1.165) is 17.8 Å². The van der Waals surface area contributed by atoms with Crippen LogP contribution in [0, 0.1) is 0 Å². The number of methoxy groups -OCH3 is 1. The quantitative estimate of drug-likeness (QED) is 0.838. The van der Waals surface area contributed by atoms with Gasteiger partial charge in [-0.3, -0.25) is 4.79 Å². The van der Waals surface area contributed by atoms with Gasteiger partial charge in [-0.25, -0.2) is 0 Å². The summed E-state index contributed by atoms with van der Waals surface area (Å²) < 4.78 is 5.41. The third-order valence-electron chi connectivity index (χ3n) is 3.89. The van der Waals surface area contributed by atoms with Crippen LogP contribution in [0.15, 0.2) is 0 Å². The number of carbonyl (C=O) groups excluding carboxylic acids is 1. The zero-order valence-corrected chi connectivity index (χ0v) is 13.9. The van der Waals surface area contributed by atoms with Gasteiger partial charge < -0.3 is 20.7 Å². The summed E-state index contributed by atoms with van der Waals surface area (Å²) in [4.78, 5) is 14.3. The zero-order valence-electron chi connectivity index (χ0n) is 13.1. The summed E-state index contributed by atoms with van der Waals surface area (Å²) in [5.41, 5.74) is 6.53. The predicted molar refractivity (Wildman–Crippen MR) is 88.4 cm³/mol. The molecule has 0 aromatic carbocycles. The molecule has 1 aromatic heterocycles. The topological polar surface area (TPSA) is 67.6 Å². The van der Waals surface area contributed by atoms with Gasteiger partial charge in [0, 0.05) is 20.1 Å². The van der Waals surface area contributed by atoms with E-state index in [1.165, 1.54) is 41.9 Å². The molecule has 1 aliphatic rings. The Bertz CT molecular complexity index is 491. The first-order valence-electron chi connectivity index (χ1n) is 7.49. The fourth-order valence-electron chi connectivity index (χ4n) is 2.70. The second-order valence-electron chi connectivity index (χ2n) is 5.74. The zero-order chi connectivity index (χ0) is 15.4. The number of nitrogens with one attached hydrogen (secondary N) is 1. The van der Waals surface area contributed by atoms with Gasteiger partial charge in [0.1, 0.15) is 15.6 Å². The van der Waals surface area contributed by atoms with E-state index in [2.05, 4.69) is 5.32 Å². The van der Waals surface area contributed by atoms with Crippen molar-refractivity contribution in [2.45, 2.75) is 44.6 Å². The van der Waals surface area contributed by atoms with Gasteiger partial charge in [0.05, 0.1) is 7.11 Å². The molecule has 1 aromatic rings. The van der Waals surface area contributed by atoms with Gasteiger partial charge >= 0.3 is 0 Å². The summed E-state index contributed by atoms with van der Waals surface area (Å²) in [5.74, 6) is 0.527. The number of carbonyl (C=O) groups is 1. The van der Waals surface area contributed by atoms with Gasteiger partial charge in [0.15, 0.2) is 5.75 Å². The molecular formula is C15H25N3O2S. The molecule has 21 heavy (non-hydrogen) atoms. The highest BCUT2D eigenvalue weighted by Gasteiger charge is 2.24. The predicted octanol–water partition coefficient (Wildman–Crippen LogP) is 3.18. The third-order valence-corrected chi connectivity index (χ3v) is 5.00. The van der Waals surface area contributed by atoms with Crippen molar-refractivity contribution in [3.8, 4) is 5.75 Å². The molecule has 6 heteroatoms. The van der Waals surface area contributed by atoms with Crippen molar-refractivity contribution >= 4 is 27.9 Å². The molecule has 1 heterocycles. The number of hydrogen-bond acceptors (Lipinski definition) is 5. The van der Waals surface area contributed by atoms with Crippen molar-refractivity contribution in [3.05, 3.63) is 4.88 Å². The average Bonchev–Trinajstić information content (AvgIpc) is 2.64. The number of anilines is 2. The van der Waals surface area contributed by atoms with Crippen LogP contribution in [0.3, 0.4) is 0 Å². The Morgan fingerprint density at radius 3 is 2.43 bits per heavy atom. The van der Waals surface area contributed by atoms with Gasteiger partial charge in [-0.1, -0.05) is 25.7 Å². The van der Waals surface area contributed by atoms with Gasteiger partial charge in [0.25, 0.3) is 5.91 Å². The highest BCUT2D eigenvalue weighted by atomic mass is 32.1. The first-order chi connectivity index (χ1) is 10.0. The summed E-state index contributed by atoms with van der Waals surface area (Å²) >= 11 is 1.40. The van der Waals surface area contributed by atoms with E-state index in [4.69, 9.17) is 10.5 Å². The van der Waals surface area contributed by atoms with E-state index in [1.807, 2.05) is 0 Å². The molecule has 0 aliphatic heterocycles. The van der Waals surface area contributed by atoms with Crippen LogP contribution >= 0.6 is 11.3 Å². The lowest BCUT2D eigenvalue weighted by Gasteiger charge is -2.17. The van der Waals surface area contributed by atoms with Crippen LogP contribution < -0.4 is 15.8 Å². The molecule has 0 bridgehead atoms. The van der Waals surface area contributed by atoms with Gasteiger partial charge in [-0.15, -0.1) is 11.3 Å². The van der Waals surface area contributed by atoms with Crippen molar-refractivity contribution in [1.29, 1.82) is 0 Å². The normalized spacial score (nSPS) is 16.3. The molecule has 118 valence electrons. The summed E-state index contributed by atoms with van der Waals surface area (Å²) in [6, 6.07) is 0.446. The molecule has 3 N–H and O–H groups in total. The highest BCUT2D eigenvalue weighted by molar-refractivity contribution is 7.19. The molecule has 0 radical (unpaired) electrons. The largest absolute Gasteiger partial charge is 0.492 e. The van der Waals surface area contributed by atoms with E-state index in [-0.39, 0.29) is 5.91 Å². The minimum absolute atomic E-state index is 0.0790. The van der Waals surface area contributed by atoms with E-state index in [9.17, 15) is 4.79 Å². The molecule has 1 amide bonds. The Hall–Kier alpha value is -1.43. The molecule has 0 unspecified atom stereocenters. The third kappa shape index (κ3) is 3.61. The van der Waals surface area contributed by atoms with Crippen LogP contribution in [0.1, 0.15) is 48.2 Å². The maximum Gasteiger partial charge on any atom is 0.265 e. The van der Waals surface area contributed by atoms with E-state index in [0.29, 0.717) is 22.4 Å². The fourth-order valence-corrected chi connectivity index (χ4v) is 3.89. The number of nitrogens with two attached hydrogens (primary N) is 1. The number of thiophene rings is 1. The minimum atomic E-state index is -0.0790. The first kappa shape index (κ1) is 15.9. The molecular weight excluding hydrogens is 286 g/mol. The van der Waals surface area contributed by atoms with Gasteiger partial charge in [-0.2, -0.15) is 0 Å². The fraction of sp³-hybridized carbons (Fsp3) is 0.667. The Morgan fingerprint density at radius 2 is 1.90 bits per heavy atom. The lowest BCUT2D eigenvalue weighted by Crippen LogP contribution is -2.21. The number of hydrogen-bond donors (Lipinski definition) is 2. The SMILES string of the molecule is COc1c(NC2CCCCCC2)sc(C(=O)N(C)C)c1N. The molecule has 0 saturated heterocycles. The van der Waals surface area contributed by atoms with Crippen LogP contribution in [-0.4, -0.2) is 38.1 Å². The highest BCUT2D eigenvalue weighted by Crippen LogP contribution is 2.43. The molecule has 5 nitrogen and oxygen atoms in total. The van der Waals surface area contributed by atoms with Crippen LogP contribution in [-0.2, 0) is 0 Å². The van der Waals surface area contributed by atoms with Crippen LogP contribution in [0.5, 0.6) is 5.75 Å². The Balaban J connectivity index is 2.22. The Labute approximate surface area is 130 Å². The van der Waals surface area contributed by atoms with E-state index >= 15 is 0 Å². The molecule has 1 fully saturated rings. The Morgan fingerprint density at radius 1 is 1.29 bits per heavy atom. The molecule has 1 saturated carbocycles. The second-order valence-corrected chi connectivity index (χ2v) is 6.76. The van der Waals surface area contributed by atoms with Crippen LogP contribution in [0.4, 0.5) is 10.7 Å². The summed E-state index contributed by atoms with van der Waals surface area (Å²) in [6.45, 7) is 0. The lowest BCUT2D eigenvalue weighted by atomic mass is 10.1. The van der Waals surface area contributed by atoms with Crippen LogP contribution in [0.2, 0.25) is 0 Å². The van der Waals surface area contributed by atoms with Crippen molar-refractivity contribution in [2.75, 3.05) is 32.3 Å². The number of nitrogens with zero attached hydrogens (tertiary/aromatic N) is 1. The van der Waals surface area contributed by atoms with Crippen molar-refractivity contribution < 1.29 is 9.53 Å². The van der Waals surface area contributed by atoms with Crippen molar-refractivity contribution in [1.82, 2.24) is 4.90 Å². The first-order valence-corrected chi connectivity index (χ1v) is 8.30. The van der Waals surface area contributed by atoms with E-state index < -0.39 is 0 Å². The number of nitrogen functional groups attached to an aromatic ring is 1. The van der Waals surface area contributed by atoms with Gasteiger partial charge in [0.2, 0.25) is 0 Å². The summed E-state index contributed by atoms with van der Waals surface area (Å²) in [5, 5.41) is 4.42. The molecule has 0 spiro atoms. The monoisotopic (exact) mass is 311 g/mol. The molecule has 0 atom stereocenters. The lowest BCUT2D eigenvalue weighted by molar-refractivity contribution is 0.0833. The molecule has 1 aliphatic carbocycles. The maximum absolute atomic E-state index is 12.2. The number of rotatable bonds is 4. The second kappa shape index (κ2) is 7.02. The standard InChI is InChI=1S/C15H25N3O2S/c1-18(2)15(19)13-11(16)12(20-3)14(21-13)17-10-8-6-4-5-7-9-10/h10,17H,4-9,16H2,1-3H3. The summed E-state index contributed by atoms with van der Waals surface area (Å²) in [7, 11) is 5.05. The molecule has 2 rings (SSSR count). The smallest absolute Gasteiger partial charge is 0.265 e. The van der Waals surface area contributed by atoms with Gasteiger partial charge in [-0.05, 0) is 12.8 Å². The van der Waals surface area contributed by atoms with Crippen molar-refractivity contribution in [2.24, 2.45) is 0 Å². The van der Waals surface area contributed by atoms with Crippen LogP contribution in [0.25, 0.3) is 0 Å². The minimum Gasteiger partial charge on any atom is -0.492 e. The average molecular weight is 311 g/mol. The Kier molecular flexibility index (Phi) is 5.33. The summed E-state index contributed by atoms with van der Waals surface area (Å²) in [6.07, 6.45) is 7.46. The number of amides is 1.